The van der Waals surface area contributed by atoms with Crippen molar-refractivity contribution >= 4 is 38.5 Å². The van der Waals surface area contributed by atoms with E-state index in [1.54, 1.807) is 29.8 Å². The number of fused-ring (bicyclic) bond motifs is 1. The van der Waals surface area contributed by atoms with Gasteiger partial charge in [-0.2, -0.15) is 13.2 Å². The first-order valence-corrected chi connectivity index (χ1v) is 14.9. The number of carbonyl (C=O) groups is 1. The number of piperidine rings is 1. The van der Waals surface area contributed by atoms with Crippen LogP contribution in [-0.2, 0) is 10.0 Å². The molecule has 1 unspecified atom stereocenters. The highest BCUT2D eigenvalue weighted by Gasteiger charge is 2.36. The fraction of sp³-hybridized carbons (Fsp3) is 0.286. The monoisotopic (exact) mass is 634 g/mol. The Hall–Kier alpha value is -4.73. The van der Waals surface area contributed by atoms with Gasteiger partial charge in [0.15, 0.2) is 5.75 Å². The molecular formula is C28H26F4N6O5S. The summed E-state index contributed by atoms with van der Waals surface area (Å²) in [6.45, 7) is 2.41. The largest absolute Gasteiger partial charge is 0.465 e. The summed E-state index contributed by atoms with van der Waals surface area (Å²) in [6.07, 6.45) is -1.62. The fourth-order valence-corrected chi connectivity index (χ4v) is 5.92. The van der Waals surface area contributed by atoms with E-state index in [0.29, 0.717) is 29.8 Å². The highest BCUT2D eigenvalue weighted by molar-refractivity contribution is 7.92. The van der Waals surface area contributed by atoms with Gasteiger partial charge in [-0.15, -0.1) is 0 Å². The lowest BCUT2D eigenvalue weighted by molar-refractivity contribution is -0.106. The van der Waals surface area contributed by atoms with Crippen molar-refractivity contribution in [1.29, 1.82) is 0 Å². The van der Waals surface area contributed by atoms with E-state index in [-0.39, 0.29) is 40.9 Å². The third kappa shape index (κ3) is 7.07. The Morgan fingerprint density at radius 1 is 1.11 bits per heavy atom. The van der Waals surface area contributed by atoms with Crippen molar-refractivity contribution in [3.8, 4) is 22.9 Å². The minimum Gasteiger partial charge on any atom is -0.465 e. The van der Waals surface area contributed by atoms with Crippen LogP contribution in [0.15, 0.2) is 54.9 Å². The number of ether oxygens (including phenoxy) is 1. The molecule has 44 heavy (non-hydrogen) atoms. The van der Waals surface area contributed by atoms with Crippen LogP contribution in [0.25, 0.3) is 22.0 Å². The molecule has 2 aromatic carbocycles. The number of halogens is 4. The maximum absolute atomic E-state index is 14.8. The molecule has 1 fully saturated rings. The first kappa shape index (κ1) is 30.7. The number of sulfonamides is 1. The molecule has 1 saturated heterocycles. The van der Waals surface area contributed by atoms with Crippen LogP contribution in [0.5, 0.6) is 11.6 Å². The molecule has 0 radical (unpaired) electrons. The lowest BCUT2D eigenvalue weighted by Crippen LogP contribution is -2.44. The molecule has 3 heterocycles. The van der Waals surface area contributed by atoms with Crippen molar-refractivity contribution < 1.29 is 40.6 Å². The minimum atomic E-state index is -5.03. The standard InChI is InChI=1S/C28H26F4N6O5S/c1-16-6-7-18-19(8-9-21(29)23(18)37-44(41,42)15-28(30,31)32)24(16)43-25-20(5-2-11-33-25)22-10-12-34-26(36-22)35-17-4-3-13-38(14-17)27(39)40/h2,5-12,17,37H,3-4,13-15H2,1H3,(H,39,40)(H,34,35,36). The molecule has 1 atom stereocenters. The average Bonchev–Trinajstić information content (AvgIpc) is 2.95. The lowest BCUT2D eigenvalue weighted by atomic mass is 10.0. The summed E-state index contributed by atoms with van der Waals surface area (Å²) in [5, 5.41) is 12.7. The molecular weight excluding hydrogens is 608 g/mol. The number of likely N-dealkylation sites (tertiary alicyclic amines) is 1. The number of pyridine rings is 1. The van der Waals surface area contributed by atoms with Crippen LogP contribution in [0.1, 0.15) is 18.4 Å². The average molecular weight is 635 g/mol. The van der Waals surface area contributed by atoms with Gasteiger partial charge in [0.05, 0.1) is 16.9 Å². The van der Waals surface area contributed by atoms with Gasteiger partial charge in [0.25, 0.3) is 0 Å². The second-order valence-corrected chi connectivity index (χ2v) is 11.9. The smallest absolute Gasteiger partial charge is 0.407 e. The maximum atomic E-state index is 14.8. The first-order chi connectivity index (χ1) is 20.8. The second-order valence-electron chi connectivity index (χ2n) is 10.1. The van der Waals surface area contributed by atoms with E-state index in [0.717, 1.165) is 12.5 Å². The van der Waals surface area contributed by atoms with E-state index in [4.69, 9.17) is 4.74 Å². The molecule has 4 aromatic rings. The molecule has 232 valence electrons. The van der Waals surface area contributed by atoms with Crippen molar-refractivity contribution in [2.45, 2.75) is 32.0 Å². The number of benzene rings is 2. The molecule has 2 aromatic heterocycles. The summed E-state index contributed by atoms with van der Waals surface area (Å²) < 4.78 is 85.5. The minimum absolute atomic E-state index is 0.0229. The van der Waals surface area contributed by atoms with E-state index in [1.807, 2.05) is 0 Å². The van der Waals surface area contributed by atoms with Crippen LogP contribution in [0.3, 0.4) is 0 Å². The fourth-order valence-electron chi connectivity index (χ4n) is 4.90. The summed E-state index contributed by atoms with van der Waals surface area (Å²) in [4.78, 5) is 25.9. The molecule has 1 aliphatic rings. The van der Waals surface area contributed by atoms with Gasteiger partial charge in [0, 0.05) is 42.3 Å². The number of rotatable bonds is 8. The molecule has 1 aliphatic heterocycles. The molecule has 11 nitrogen and oxygen atoms in total. The Morgan fingerprint density at radius 2 is 1.89 bits per heavy atom. The van der Waals surface area contributed by atoms with E-state index in [2.05, 4.69) is 20.3 Å². The number of alkyl halides is 3. The number of anilines is 2. The summed E-state index contributed by atoms with van der Waals surface area (Å²) in [5.74, 6) is -2.73. The molecule has 0 bridgehead atoms. The zero-order valence-corrected chi connectivity index (χ0v) is 23.9. The Morgan fingerprint density at radius 3 is 2.64 bits per heavy atom. The number of carboxylic acid groups (broad SMARTS) is 1. The van der Waals surface area contributed by atoms with Crippen molar-refractivity contribution in [2.24, 2.45) is 0 Å². The predicted octanol–water partition coefficient (Wildman–Crippen LogP) is 5.79. The summed E-state index contributed by atoms with van der Waals surface area (Å²) in [5.41, 5.74) is 0.767. The van der Waals surface area contributed by atoms with E-state index in [1.165, 1.54) is 35.5 Å². The van der Waals surface area contributed by atoms with E-state index < -0.39 is 39.6 Å². The lowest BCUT2D eigenvalue weighted by Gasteiger charge is -2.31. The van der Waals surface area contributed by atoms with Crippen molar-refractivity contribution in [3.63, 3.8) is 0 Å². The topological polar surface area (TPSA) is 147 Å². The van der Waals surface area contributed by atoms with E-state index >= 15 is 0 Å². The Balaban J connectivity index is 1.47. The number of hydrogen-bond acceptors (Lipinski definition) is 8. The second kappa shape index (κ2) is 12.1. The number of hydrogen-bond donors (Lipinski definition) is 3. The normalized spacial score (nSPS) is 15.7. The molecule has 3 N–H and O–H groups in total. The number of aromatic nitrogens is 3. The van der Waals surface area contributed by atoms with Crippen LogP contribution in [0.4, 0.5) is 34.0 Å². The van der Waals surface area contributed by atoms with Crippen LogP contribution in [0.2, 0.25) is 0 Å². The summed E-state index contributed by atoms with van der Waals surface area (Å²) in [7, 11) is -4.97. The number of nitrogens with one attached hydrogen (secondary N) is 2. The predicted molar refractivity (Wildman–Crippen MR) is 154 cm³/mol. The van der Waals surface area contributed by atoms with Crippen LogP contribution in [0, 0.1) is 12.7 Å². The SMILES string of the molecule is Cc1ccc2c(NS(=O)(=O)CC(F)(F)F)c(F)ccc2c1Oc1ncccc1-c1ccnc(NC2CCCN(C(=O)O)C2)n1. The van der Waals surface area contributed by atoms with Gasteiger partial charge in [0.2, 0.25) is 21.9 Å². The maximum Gasteiger partial charge on any atom is 0.407 e. The molecule has 0 aliphatic carbocycles. The molecule has 0 spiro atoms. The molecule has 16 heteroatoms. The van der Waals surface area contributed by atoms with Gasteiger partial charge < -0.3 is 20.1 Å². The third-order valence-corrected chi connectivity index (χ3v) is 8.06. The first-order valence-electron chi connectivity index (χ1n) is 13.3. The molecule has 0 saturated carbocycles. The number of aryl methyl sites for hydroxylation is 1. The van der Waals surface area contributed by atoms with Gasteiger partial charge in [0.1, 0.15) is 11.6 Å². The zero-order chi connectivity index (χ0) is 31.6. The highest BCUT2D eigenvalue weighted by Crippen LogP contribution is 2.40. The van der Waals surface area contributed by atoms with Gasteiger partial charge in [-0.25, -0.2) is 32.6 Å². The van der Waals surface area contributed by atoms with Crippen LogP contribution in [-0.4, -0.2) is 70.5 Å². The number of nitrogens with zero attached hydrogens (tertiary/aromatic N) is 4. The van der Waals surface area contributed by atoms with Gasteiger partial charge >= 0.3 is 12.3 Å². The third-order valence-electron chi connectivity index (χ3n) is 6.84. The van der Waals surface area contributed by atoms with Crippen LogP contribution < -0.4 is 14.8 Å². The van der Waals surface area contributed by atoms with E-state index in [9.17, 15) is 35.9 Å². The molecule has 5 rings (SSSR count). The highest BCUT2D eigenvalue weighted by atomic mass is 32.2. The number of amides is 1. The van der Waals surface area contributed by atoms with Crippen molar-refractivity contribution in [1.82, 2.24) is 19.9 Å². The van der Waals surface area contributed by atoms with Gasteiger partial charge in [-0.05, 0) is 55.7 Å². The van der Waals surface area contributed by atoms with Gasteiger partial charge in [-0.3, -0.25) is 4.72 Å². The van der Waals surface area contributed by atoms with Crippen molar-refractivity contribution in [2.75, 3.05) is 28.9 Å². The Bertz CT molecular complexity index is 1820. The Labute approximate surface area is 249 Å². The van der Waals surface area contributed by atoms with Gasteiger partial charge in [-0.1, -0.05) is 12.1 Å². The summed E-state index contributed by atoms with van der Waals surface area (Å²) in [6, 6.07) is 9.93. The molecule has 1 amide bonds. The zero-order valence-electron chi connectivity index (χ0n) is 23.1. The van der Waals surface area contributed by atoms with Crippen molar-refractivity contribution in [3.05, 3.63) is 66.2 Å². The summed E-state index contributed by atoms with van der Waals surface area (Å²) >= 11 is 0. The Kier molecular flexibility index (Phi) is 8.45. The van der Waals surface area contributed by atoms with Crippen LogP contribution >= 0.6 is 0 Å². The quantitative estimate of drug-likeness (QED) is 0.205.